The van der Waals surface area contributed by atoms with E-state index in [0.717, 1.165) is 33.8 Å². The summed E-state index contributed by atoms with van der Waals surface area (Å²) in [6.07, 6.45) is 2.17. The lowest BCUT2D eigenvalue weighted by atomic mass is 10.1. The highest BCUT2D eigenvalue weighted by Crippen LogP contribution is 2.25. The molecule has 7 nitrogen and oxygen atoms in total. The zero-order valence-electron chi connectivity index (χ0n) is 23.3. The SMILES string of the molecule is CCCCNC(=O)C(CC)N(Cc1ccccc1C)C(=O)CN(c1ccccc1)S(=O)(=O)c1ccc(C)cc1. The van der Waals surface area contributed by atoms with Gasteiger partial charge in [-0.15, -0.1) is 0 Å². The maximum Gasteiger partial charge on any atom is 0.264 e. The van der Waals surface area contributed by atoms with Crippen molar-refractivity contribution in [3.05, 3.63) is 95.6 Å². The van der Waals surface area contributed by atoms with Crippen molar-refractivity contribution in [1.82, 2.24) is 10.2 Å². The van der Waals surface area contributed by atoms with Gasteiger partial charge in [0, 0.05) is 13.1 Å². The Balaban J connectivity index is 2.02. The van der Waals surface area contributed by atoms with Crippen LogP contribution in [0.1, 0.15) is 49.8 Å². The standard InChI is InChI=1S/C31H39N3O4S/c1-5-7-21-32-31(36)29(6-2)33(22-26-14-12-11-13-25(26)4)30(35)23-34(27-15-9-8-10-16-27)39(37,38)28-19-17-24(3)18-20-28/h8-20,29H,5-7,21-23H2,1-4H3,(H,32,36). The summed E-state index contributed by atoms with van der Waals surface area (Å²) in [6.45, 7) is 8.02. The van der Waals surface area contributed by atoms with Crippen LogP contribution in [0.3, 0.4) is 0 Å². The largest absolute Gasteiger partial charge is 0.354 e. The average Bonchev–Trinajstić information content (AvgIpc) is 2.93. The van der Waals surface area contributed by atoms with E-state index < -0.39 is 28.5 Å². The molecule has 0 heterocycles. The number of hydrogen-bond acceptors (Lipinski definition) is 4. The molecule has 0 aromatic heterocycles. The number of nitrogens with one attached hydrogen (secondary N) is 1. The number of benzene rings is 3. The molecule has 0 saturated carbocycles. The fourth-order valence-electron chi connectivity index (χ4n) is 4.36. The Bertz CT molecular complexity index is 1340. The zero-order chi connectivity index (χ0) is 28.4. The molecule has 8 heteroatoms. The minimum atomic E-state index is -4.07. The molecule has 0 fully saturated rings. The summed E-state index contributed by atoms with van der Waals surface area (Å²) in [6, 6.07) is 22.1. The number of nitrogens with zero attached hydrogens (tertiary/aromatic N) is 2. The monoisotopic (exact) mass is 549 g/mol. The molecule has 0 aliphatic carbocycles. The van der Waals surface area contributed by atoms with Crippen LogP contribution in [0.15, 0.2) is 83.8 Å². The van der Waals surface area contributed by atoms with Gasteiger partial charge in [-0.3, -0.25) is 13.9 Å². The minimum absolute atomic E-state index is 0.0968. The topological polar surface area (TPSA) is 86.8 Å². The Labute approximate surface area is 232 Å². The van der Waals surface area contributed by atoms with E-state index >= 15 is 0 Å². The van der Waals surface area contributed by atoms with Gasteiger partial charge in [0.25, 0.3) is 10.0 Å². The third kappa shape index (κ3) is 7.69. The summed E-state index contributed by atoms with van der Waals surface area (Å²) in [4.78, 5) is 28.9. The Morgan fingerprint density at radius 3 is 2.13 bits per heavy atom. The van der Waals surface area contributed by atoms with E-state index in [4.69, 9.17) is 0 Å². The van der Waals surface area contributed by atoms with Crippen molar-refractivity contribution in [2.75, 3.05) is 17.4 Å². The van der Waals surface area contributed by atoms with Crippen molar-refractivity contribution in [3.8, 4) is 0 Å². The molecule has 0 saturated heterocycles. The van der Waals surface area contributed by atoms with E-state index in [9.17, 15) is 18.0 Å². The number of anilines is 1. The predicted octanol–water partition coefficient (Wildman–Crippen LogP) is 5.22. The molecule has 0 aliphatic heterocycles. The molecule has 1 atom stereocenters. The molecule has 2 amide bonds. The smallest absolute Gasteiger partial charge is 0.264 e. The molecule has 3 aromatic carbocycles. The molecule has 1 unspecified atom stereocenters. The Morgan fingerprint density at radius 2 is 1.51 bits per heavy atom. The number of aryl methyl sites for hydroxylation is 2. The van der Waals surface area contributed by atoms with Crippen molar-refractivity contribution in [2.45, 2.75) is 64.4 Å². The number of para-hydroxylation sites is 1. The normalized spacial score (nSPS) is 12.0. The molecule has 1 N–H and O–H groups in total. The number of carbonyl (C=O) groups excluding carboxylic acids is 2. The lowest BCUT2D eigenvalue weighted by Gasteiger charge is -2.33. The van der Waals surface area contributed by atoms with Crippen LogP contribution in [0.25, 0.3) is 0 Å². The lowest BCUT2D eigenvalue weighted by molar-refractivity contribution is -0.140. The maximum absolute atomic E-state index is 14.0. The number of amides is 2. The number of sulfonamides is 1. The van der Waals surface area contributed by atoms with Crippen LogP contribution >= 0.6 is 0 Å². The fourth-order valence-corrected chi connectivity index (χ4v) is 5.77. The molecule has 0 spiro atoms. The molecule has 3 rings (SSSR count). The van der Waals surface area contributed by atoms with E-state index in [1.807, 2.05) is 52.0 Å². The van der Waals surface area contributed by atoms with Crippen LogP contribution in [0.5, 0.6) is 0 Å². The Morgan fingerprint density at radius 1 is 0.872 bits per heavy atom. The van der Waals surface area contributed by atoms with Crippen molar-refractivity contribution in [3.63, 3.8) is 0 Å². The molecular weight excluding hydrogens is 510 g/mol. The molecule has 0 bridgehead atoms. The second-order valence-corrected chi connectivity index (χ2v) is 11.5. The van der Waals surface area contributed by atoms with Crippen LogP contribution in [0, 0.1) is 13.8 Å². The number of carbonyl (C=O) groups is 2. The van der Waals surface area contributed by atoms with Gasteiger partial charge in [-0.25, -0.2) is 8.42 Å². The highest BCUT2D eigenvalue weighted by molar-refractivity contribution is 7.92. The lowest BCUT2D eigenvalue weighted by Crippen LogP contribution is -2.52. The van der Waals surface area contributed by atoms with Crippen molar-refractivity contribution < 1.29 is 18.0 Å². The first kappa shape index (κ1) is 29.9. The van der Waals surface area contributed by atoms with E-state index in [1.165, 1.54) is 4.90 Å². The van der Waals surface area contributed by atoms with Gasteiger partial charge in [0.05, 0.1) is 10.6 Å². The van der Waals surface area contributed by atoms with E-state index in [-0.39, 0.29) is 17.3 Å². The predicted molar refractivity (Wildman–Crippen MR) is 156 cm³/mol. The third-order valence-corrected chi connectivity index (χ3v) is 8.54. The fraction of sp³-hybridized carbons (Fsp3) is 0.355. The molecule has 208 valence electrons. The molecule has 0 aliphatic rings. The summed E-state index contributed by atoms with van der Waals surface area (Å²) < 4.78 is 28.8. The van der Waals surface area contributed by atoms with E-state index in [0.29, 0.717) is 18.7 Å². The molecular formula is C31H39N3O4S. The first-order chi connectivity index (χ1) is 18.7. The van der Waals surface area contributed by atoms with Gasteiger partial charge in [0.15, 0.2) is 0 Å². The van der Waals surface area contributed by atoms with Gasteiger partial charge in [0.1, 0.15) is 12.6 Å². The van der Waals surface area contributed by atoms with Gasteiger partial charge in [-0.2, -0.15) is 0 Å². The van der Waals surface area contributed by atoms with Gasteiger partial charge in [0.2, 0.25) is 11.8 Å². The zero-order valence-corrected chi connectivity index (χ0v) is 24.1. The van der Waals surface area contributed by atoms with Crippen molar-refractivity contribution in [2.24, 2.45) is 0 Å². The Kier molecular flexibility index (Phi) is 10.7. The third-order valence-electron chi connectivity index (χ3n) is 6.75. The highest BCUT2D eigenvalue weighted by Gasteiger charge is 2.33. The van der Waals surface area contributed by atoms with Crippen LogP contribution in [0.4, 0.5) is 5.69 Å². The van der Waals surface area contributed by atoms with Gasteiger partial charge in [-0.05, 0) is 62.1 Å². The summed E-state index contributed by atoms with van der Waals surface area (Å²) in [5.41, 5.74) is 3.20. The van der Waals surface area contributed by atoms with Gasteiger partial charge in [-0.1, -0.05) is 80.4 Å². The first-order valence-electron chi connectivity index (χ1n) is 13.4. The van der Waals surface area contributed by atoms with Crippen LogP contribution in [-0.2, 0) is 26.2 Å². The van der Waals surface area contributed by atoms with Crippen molar-refractivity contribution >= 4 is 27.5 Å². The quantitative estimate of drug-likeness (QED) is 0.296. The summed E-state index contributed by atoms with van der Waals surface area (Å²) in [7, 11) is -4.07. The second-order valence-electron chi connectivity index (χ2n) is 9.68. The first-order valence-corrected chi connectivity index (χ1v) is 14.9. The van der Waals surface area contributed by atoms with Gasteiger partial charge < -0.3 is 10.2 Å². The number of hydrogen-bond donors (Lipinski definition) is 1. The van der Waals surface area contributed by atoms with Crippen LogP contribution < -0.4 is 9.62 Å². The summed E-state index contributed by atoms with van der Waals surface area (Å²) >= 11 is 0. The average molecular weight is 550 g/mol. The van der Waals surface area contributed by atoms with Crippen LogP contribution in [-0.4, -0.2) is 44.3 Å². The number of unbranched alkanes of at least 4 members (excludes halogenated alkanes) is 1. The summed E-state index contributed by atoms with van der Waals surface area (Å²) in [5.74, 6) is -0.684. The molecule has 0 radical (unpaired) electrons. The molecule has 39 heavy (non-hydrogen) atoms. The van der Waals surface area contributed by atoms with Crippen molar-refractivity contribution in [1.29, 1.82) is 0 Å². The van der Waals surface area contributed by atoms with Crippen LogP contribution in [0.2, 0.25) is 0 Å². The highest BCUT2D eigenvalue weighted by atomic mass is 32.2. The minimum Gasteiger partial charge on any atom is -0.354 e. The summed E-state index contributed by atoms with van der Waals surface area (Å²) in [5, 5.41) is 2.95. The van der Waals surface area contributed by atoms with E-state index in [2.05, 4.69) is 5.32 Å². The van der Waals surface area contributed by atoms with Gasteiger partial charge >= 0.3 is 0 Å². The maximum atomic E-state index is 14.0. The Hall–Kier alpha value is -3.65. The number of rotatable bonds is 13. The second kappa shape index (κ2) is 13.9. The molecule has 3 aromatic rings. The van der Waals surface area contributed by atoms with E-state index in [1.54, 1.807) is 54.6 Å².